The molecule has 0 spiro atoms. The predicted molar refractivity (Wildman–Crippen MR) is 107 cm³/mol. The number of ether oxygens (including phenoxy) is 2. The van der Waals surface area contributed by atoms with Crippen LogP contribution in [0.4, 0.5) is 18.0 Å². The van der Waals surface area contributed by atoms with Crippen LogP contribution in [0.1, 0.15) is 45.2 Å². The van der Waals surface area contributed by atoms with Crippen molar-refractivity contribution in [2.24, 2.45) is 0 Å². The van der Waals surface area contributed by atoms with Gasteiger partial charge in [-0.15, -0.1) is 0 Å². The number of esters is 1. The first-order valence-electron chi connectivity index (χ1n) is 9.66. The molecule has 0 aliphatic heterocycles. The molecule has 0 saturated heterocycles. The molecule has 1 aromatic rings. The van der Waals surface area contributed by atoms with Crippen LogP contribution in [0, 0.1) is 0 Å². The zero-order valence-corrected chi connectivity index (χ0v) is 18.5. The normalized spacial score (nSPS) is 13.7. The maximum absolute atomic E-state index is 13.0. The standard InChI is InChI=1S/C21H29F3N2O5/c1-13(18(28)30-6)26(5)17(27)16(25-19(29)31-20(2,3)4)11-10-14-8-7-9-15(12-14)21(22,23)24/h7-9,12-13,16H,10-11H2,1-6H3,(H,25,29)/t13-,16+/m0/s1. The molecule has 1 rings (SSSR count). The summed E-state index contributed by atoms with van der Waals surface area (Å²) in [7, 11) is 2.55. The number of nitrogens with zero attached hydrogens (tertiary/aromatic N) is 1. The van der Waals surface area contributed by atoms with Gasteiger partial charge in [0.25, 0.3) is 0 Å². The molecule has 0 aromatic heterocycles. The van der Waals surface area contributed by atoms with Gasteiger partial charge in [0.1, 0.15) is 17.7 Å². The first kappa shape index (κ1) is 26.3. The first-order chi connectivity index (χ1) is 14.2. The second kappa shape index (κ2) is 10.5. The average molecular weight is 446 g/mol. The summed E-state index contributed by atoms with van der Waals surface area (Å²) in [5, 5.41) is 2.45. The van der Waals surface area contributed by atoms with Crippen LogP contribution in [0.25, 0.3) is 0 Å². The minimum absolute atomic E-state index is 0.00236. The Morgan fingerprint density at radius 3 is 2.29 bits per heavy atom. The molecule has 2 atom stereocenters. The number of alkyl halides is 3. The molecule has 174 valence electrons. The highest BCUT2D eigenvalue weighted by molar-refractivity contribution is 5.89. The molecule has 0 bridgehead atoms. The van der Waals surface area contributed by atoms with Gasteiger partial charge in [-0.05, 0) is 52.2 Å². The van der Waals surface area contributed by atoms with Crippen molar-refractivity contribution in [1.29, 1.82) is 0 Å². The number of carbonyl (C=O) groups excluding carboxylic acids is 3. The molecule has 7 nitrogen and oxygen atoms in total. The number of hydrogen-bond acceptors (Lipinski definition) is 5. The second-order valence-corrected chi connectivity index (χ2v) is 8.08. The molecule has 0 fully saturated rings. The van der Waals surface area contributed by atoms with Crippen LogP contribution < -0.4 is 5.32 Å². The fraction of sp³-hybridized carbons (Fsp3) is 0.571. The molecule has 1 aromatic carbocycles. The number of benzene rings is 1. The van der Waals surface area contributed by atoms with E-state index in [9.17, 15) is 27.6 Å². The van der Waals surface area contributed by atoms with Gasteiger partial charge in [0.05, 0.1) is 12.7 Å². The summed E-state index contributed by atoms with van der Waals surface area (Å²) in [6, 6.07) is 2.69. The van der Waals surface area contributed by atoms with Gasteiger partial charge in [-0.3, -0.25) is 4.79 Å². The Morgan fingerprint density at radius 1 is 1.16 bits per heavy atom. The Hall–Kier alpha value is -2.78. The lowest BCUT2D eigenvalue weighted by Gasteiger charge is -2.29. The Labute approximate surface area is 179 Å². The van der Waals surface area contributed by atoms with E-state index in [0.717, 1.165) is 17.0 Å². The highest BCUT2D eigenvalue weighted by Gasteiger charge is 2.32. The summed E-state index contributed by atoms with van der Waals surface area (Å²) < 4.78 is 48.7. The number of aryl methyl sites for hydroxylation is 1. The number of alkyl carbamates (subject to hydrolysis) is 1. The van der Waals surface area contributed by atoms with Crippen LogP contribution in [0.5, 0.6) is 0 Å². The van der Waals surface area contributed by atoms with Crippen LogP contribution in [0.15, 0.2) is 24.3 Å². The van der Waals surface area contributed by atoms with Crippen molar-refractivity contribution in [2.45, 2.75) is 64.4 Å². The summed E-state index contributed by atoms with van der Waals surface area (Å²) >= 11 is 0. The number of nitrogens with one attached hydrogen (secondary N) is 1. The Morgan fingerprint density at radius 2 is 1.77 bits per heavy atom. The van der Waals surface area contributed by atoms with Gasteiger partial charge in [-0.1, -0.05) is 18.2 Å². The number of rotatable bonds is 7. The third kappa shape index (κ3) is 8.47. The number of methoxy groups -OCH3 is 1. The van der Waals surface area contributed by atoms with Crippen molar-refractivity contribution in [3.8, 4) is 0 Å². The minimum Gasteiger partial charge on any atom is -0.467 e. The van der Waals surface area contributed by atoms with E-state index in [0.29, 0.717) is 5.56 Å². The number of halogens is 3. The number of carbonyl (C=O) groups is 3. The Bertz CT molecular complexity index is 790. The van der Waals surface area contributed by atoms with E-state index in [-0.39, 0.29) is 12.8 Å². The van der Waals surface area contributed by atoms with Crippen molar-refractivity contribution in [2.75, 3.05) is 14.2 Å². The molecular weight excluding hydrogens is 417 g/mol. The zero-order valence-electron chi connectivity index (χ0n) is 18.5. The Balaban J connectivity index is 3.03. The first-order valence-corrected chi connectivity index (χ1v) is 9.66. The highest BCUT2D eigenvalue weighted by atomic mass is 19.4. The molecule has 0 aliphatic carbocycles. The summed E-state index contributed by atoms with van der Waals surface area (Å²) in [4.78, 5) is 38.0. The smallest absolute Gasteiger partial charge is 0.416 e. The summed E-state index contributed by atoms with van der Waals surface area (Å²) in [5.74, 6) is -1.25. The van der Waals surface area contributed by atoms with Gasteiger partial charge in [-0.25, -0.2) is 9.59 Å². The summed E-state index contributed by atoms with van der Waals surface area (Å²) in [6.45, 7) is 6.41. The van der Waals surface area contributed by atoms with Gasteiger partial charge in [0.15, 0.2) is 0 Å². The minimum atomic E-state index is -4.49. The third-order valence-electron chi connectivity index (χ3n) is 4.44. The zero-order chi connectivity index (χ0) is 24.0. The number of amides is 2. The van der Waals surface area contributed by atoms with E-state index >= 15 is 0 Å². The van der Waals surface area contributed by atoms with Gasteiger partial charge in [-0.2, -0.15) is 13.2 Å². The molecule has 0 radical (unpaired) electrons. The largest absolute Gasteiger partial charge is 0.467 e. The summed E-state index contributed by atoms with van der Waals surface area (Å²) in [6.07, 6.45) is -5.27. The van der Waals surface area contributed by atoms with Crippen molar-refractivity contribution in [3.05, 3.63) is 35.4 Å². The van der Waals surface area contributed by atoms with E-state index in [4.69, 9.17) is 4.74 Å². The van der Waals surface area contributed by atoms with Crippen LogP contribution >= 0.6 is 0 Å². The van der Waals surface area contributed by atoms with E-state index in [1.165, 1.54) is 33.2 Å². The fourth-order valence-electron chi connectivity index (χ4n) is 2.69. The highest BCUT2D eigenvalue weighted by Crippen LogP contribution is 2.29. The van der Waals surface area contributed by atoms with Crippen LogP contribution in [0.3, 0.4) is 0 Å². The van der Waals surface area contributed by atoms with Gasteiger partial charge >= 0.3 is 18.2 Å². The monoisotopic (exact) mass is 446 g/mol. The van der Waals surface area contributed by atoms with Crippen LogP contribution in [-0.4, -0.2) is 54.7 Å². The molecule has 0 saturated carbocycles. The lowest BCUT2D eigenvalue weighted by atomic mass is 10.0. The average Bonchev–Trinajstić information content (AvgIpc) is 2.66. The fourth-order valence-corrected chi connectivity index (χ4v) is 2.69. The third-order valence-corrected chi connectivity index (χ3v) is 4.44. The lowest BCUT2D eigenvalue weighted by Crippen LogP contribution is -2.52. The van der Waals surface area contributed by atoms with Crippen molar-refractivity contribution in [1.82, 2.24) is 10.2 Å². The van der Waals surface area contributed by atoms with Crippen molar-refractivity contribution < 1.29 is 37.0 Å². The molecule has 1 N–H and O–H groups in total. The molecule has 0 unspecified atom stereocenters. The van der Waals surface area contributed by atoms with Gasteiger partial charge < -0.3 is 19.7 Å². The SMILES string of the molecule is COC(=O)[C@H](C)N(C)C(=O)[C@@H](CCc1cccc(C(F)(F)F)c1)NC(=O)OC(C)(C)C. The van der Waals surface area contributed by atoms with E-state index in [2.05, 4.69) is 10.1 Å². The second-order valence-electron chi connectivity index (χ2n) is 8.08. The Kier molecular flexibility index (Phi) is 8.89. The van der Waals surface area contributed by atoms with Gasteiger partial charge in [0.2, 0.25) is 5.91 Å². The maximum Gasteiger partial charge on any atom is 0.416 e. The van der Waals surface area contributed by atoms with Crippen molar-refractivity contribution in [3.63, 3.8) is 0 Å². The van der Waals surface area contributed by atoms with Crippen LogP contribution in [0.2, 0.25) is 0 Å². The molecular formula is C21H29F3N2O5. The quantitative estimate of drug-likeness (QED) is 0.648. The lowest BCUT2D eigenvalue weighted by molar-refractivity contribution is -0.151. The van der Waals surface area contributed by atoms with E-state index in [1.54, 1.807) is 20.8 Å². The van der Waals surface area contributed by atoms with E-state index < -0.39 is 47.4 Å². The van der Waals surface area contributed by atoms with Crippen LogP contribution in [-0.2, 0) is 31.7 Å². The molecule has 0 heterocycles. The topological polar surface area (TPSA) is 84.9 Å². The van der Waals surface area contributed by atoms with Gasteiger partial charge in [0, 0.05) is 7.05 Å². The van der Waals surface area contributed by atoms with Crippen molar-refractivity contribution >= 4 is 18.0 Å². The van der Waals surface area contributed by atoms with E-state index in [1.807, 2.05) is 0 Å². The predicted octanol–water partition coefficient (Wildman–Crippen LogP) is 3.55. The molecule has 10 heteroatoms. The maximum atomic E-state index is 13.0. The molecule has 0 aliphatic rings. The summed E-state index contributed by atoms with van der Waals surface area (Å²) in [5.41, 5.74) is -1.27. The number of hydrogen-bond donors (Lipinski definition) is 1. The number of likely N-dealkylation sites (N-methyl/N-ethyl adjacent to an activating group) is 1. The molecule has 2 amide bonds. The molecule has 31 heavy (non-hydrogen) atoms.